The van der Waals surface area contributed by atoms with E-state index in [1.54, 1.807) is 26.0 Å². The van der Waals surface area contributed by atoms with E-state index in [4.69, 9.17) is 21.1 Å². The third-order valence-electron chi connectivity index (χ3n) is 4.48. The van der Waals surface area contributed by atoms with Gasteiger partial charge in [-0.15, -0.1) is 0 Å². The second-order valence-corrected chi connectivity index (χ2v) is 6.91. The number of carbonyl (C=O) groups excluding carboxylic acids is 1. The summed E-state index contributed by atoms with van der Waals surface area (Å²) in [5.41, 5.74) is 2.40. The summed E-state index contributed by atoms with van der Waals surface area (Å²) in [5, 5.41) is 3.00. The van der Waals surface area contributed by atoms with Gasteiger partial charge in [0.2, 0.25) is 0 Å². The van der Waals surface area contributed by atoms with Crippen molar-refractivity contribution in [3.8, 4) is 11.5 Å². The number of nitrogens with zero attached hydrogens (tertiary/aromatic N) is 2. The maximum Gasteiger partial charge on any atom is 0.258 e. The van der Waals surface area contributed by atoms with Gasteiger partial charge in [0, 0.05) is 24.6 Å². The van der Waals surface area contributed by atoms with Gasteiger partial charge in [-0.2, -0.15) is 0 Å². The van der Waals surface area contributed by atoms with E-state index in [0.29, 0.717) is 52.8 Å². The molecule has 0 atom stereocenters. The first-order valence-corrected chi connectivity index (χ1v) is 9.15. The van der Waals surface area contributed by atoms with Crippen LogP contribution in [0.1, 0.15) is 28.2 Å². The fourth-order valence-electron chi connectivity index (χ4n) is 2.94. The van der Waals surface area contributed by atoms with Crippen LogP contribution >= 0.6 is 11.6 Å². The third kappa shape index (κ3) is 3.45. The fourth-order valence-corrected chi connectivity index (χ4v) is 3.14. The van der Waals surface area contributed by atoms with E-state index in [2.05, 4.69) is 15.3 Å². The highest BCUT2D eigenvalue weighted by Gasteiger charge is 2.19. The molecule has 0 aliphatic carbocycles. The lowest BCUT2D eigenvalue weighted by Crippen LogP contribution is -2.14. The Balaban J connectivity index is 1.73. The summed E-state index contributed by atoms with van der Waals surface area (Å²) in [6.07, 6.45) is 0.751. The molecule has 0 bridgehead atoms. The molecule has 1 aromatic heterocycles. The Morgan fingerprint density at radius 1 is 1.07 bits per heavy atom. The molecule has 6 nitrogen and oxygen atoms in total. The SMILES string of the molecule is Cc1nc2cc(F)cc(C(=O)Nc3cc4c(cc3Cl)OCCCO4)c2nc1C. The van der Waals surface area contributed by atoms with Crippen molar-refractivity contribution in [3.63, 3.8) is 0 Å². The van der Waals surface area contributed by atoms with Crippen molar-refractivity contribution < 1.29 is 18.7 Å². The molecule has 0 saturated carbocycles. The van der Waals surface area contributed by atoms with Crippen LogP contribution in [0, 0.1) is 19.7 Å². The zero-order valence-corrected chi connectivity index (χ0v) is 16.1. The summed E-state index contributed by atoms with van der Waals surface area (Å²) >= 11 is 6.29. The monoisotopic (exact) mass is 401 g/mol. The molecule has 0 unspecified atom stereocenters. The number of hydrogen-bond donors (Lipinski definition) is 1. The van der Waals surface area contributed by atoms with Gasteiger partial charge in [0.1, 0.15) is 11.3 Å². The molecule has 0 radical (unpaired) electrons. The van der Waals surface area contributed by atoms with Crippen molar-refractivity contribution in [2.75, 3.05) is 18.5 Å². The normalized spacial score (nSPS) is 13.3. The van der Waals surface area contributed by atoms with Gasteiger partial charge in [0.15, 0.2) is 11.5 Å². The first-order chi connectivity index (χ1) is 13.4. The number of ether oxygens (including phenoxy) is 2. The largest absolute Gasteiger partial charge is 0.490 e. The maximum absolute atomic E-state index is 14.1. The average molecular weight is 402 g/mol. The molecular weight excluding hydrogens is 385 g/mol. The van der Waals surface area contributed by atoms with Crippen LogP contribution in [0.2, 0.25) is 5.02 Å². The van der Waals surface area contributed by atoms with Gasteiger partial charge in [-0.25, -0.2) is 14.4 Å². The molecule has 4 rings (SSSR count). The van der Waals surface area contributed by atoms with Crippen molar-refractivity contribution in [1.82, 2.24) is 9.97 Å². The molecule has 0 saturated heterocycles. The van der Waals surface area contributed by atoms with E-state index in [-0.39, 0.29) is 10.6 Å². The summed E-state index contributed by atoms with van der Waals surface area (Å²) in [5.74, 6) is -0.0976. The Kier molecular flexibility index (Phi) is 4.77. The second kappa shape index (κ2) is 7.24. The van der Waals surface area contributed by atoms with Gasteiger partial charge in [0.25, 0.3) is 5.91 Å². The van der Waals surface area contributed by atoms with Gasteiger partial charge in [-0.1, -0.05) is 11.6 Å². The van der Waals surface area contributed by atoms with Crippen LogP contribution in [0.3, 0.4) is 0 Å². The van der Waals surface area contributed by atoms with Crippen molar-refractivity contribution >= 4 is 34.2 Å². The lowest BCUT2D eigenvalue weighted by molar-refractivity contribution is 0.102. The average Bonchev–Trinajstić information content (AvgIpc) is 2.87. The van der Waals surface area contributed by atoms with Crippen molar-refractivity contribution in [3.05, 3.63) is 52.1 Å². The minimum atomic E-state index is -0.569. The smallest absolute Gasteiger partial charge is 0.258 e. The molecule has 0 spiro atoms. The topological polar surface area (TPSA) is 73.3 Å². The summed E-state index contributed by atoms with van der Waals surface area (Å²) in [6.45, 7) is 4.60. The van der Waals surface area contributed by atoms with Gasteiger partial charge < -0.3 is 14.8 Å². The Hall–Kier alpha value is -2.93. The van der Waals surface area contributed by atoms with Crippen molar-refractivity contribution in [2.24, 2.45) is 0 Å². The Morgan fingerprint density at radius 3 is 2.50 bits per heavy atom. The van der Waals surface area contributed by atoms with Crippen LogP contribution in [-0.4, -0.2) is 29.1 Å². The molecule has 1 amide bonds. The molecule has 0 fully saturated rings. The molecular formula is C20H17ClFN3O3. The van der Waals surface area contributed by atoms with Gasteiger partial charge in [0.05, 0.1) is 46.4 Å². The molecule has 3 aromatic rings. The maximum atomic E-state index is 14.1. The summed E-state index contributed by atoms with van der Waals surface area (Å²) in [4.78, 5) is 21.6. The van der Waals surface area contributed by atoms with E-state index in [1.807, 2.05) is 0 Å². The minimum absolute atomic E-state index is 0.0776. The first-order valence-electron chi connectivity index (χ1n) is 8.77. The molecule has 2 heterocycles. The van der Waals surface area contributed by atoms with Crippen LogP contribution in [0.25, 0.3) is 11.0 Å². The number of hydrogen-bond acceptors (Lipinski definition) is 5. The van der Waals surface area contributed by atoms with Crippen LogP contribution < -0.4 is 14.8 Å². The van der Waals surface area contributed by atoms with E-state index in [0.717, 1.165) is 12.5 Å². The number of halogens is 2. The molecule has 1 aliphatic rings. The van der Waals surface area contributed by atoms with Crippen molar-refractivity contribution in [2.45, 2.75) is 20.3 Å². The number of carbonyl (C=O) groups is 1. The summed E-state index contributed by atoms with van der Waals surface area (Å²) in [7, 11) is 0. The fraction of sp³-hybridized carbons (Fsp3) is 0.250. The highest BCUT2D eigenvalue weighted by molar-refractivity contribution is 6.34. The Labute approximate surface area is 165 Å². The second-order valence-electron chi connectivity index (χ2n) is 6.50. The standard InChI is InChI=1S/C20H17ClFN3O3/c1-10-11(2)24-19-13(6-12(22)7-16(19)23-10)20(26)25-15-9-18-17(8-14(15)21)27-4-3-5-28-18/h6-9H,3-5H2,1-2H3,(H,25,26). The number of benzene rings is 2. The van der Waals surface area contributed by atoms with Crippen molar-refractivity contribution in [1.29, 1.82) is 0 Å². The van der Waals surface area contributed by atoms with Crippen LogP contribution in [0.4, 0.5) is 10.1 Å². The number of nitrogens with one attached hydrogen (secondary N) is 1. The van der Waals surface area contributed by atoms with Gasteiger partial charge >= 0.3 is 0 Å². The van der Waals surface area contributed by atoms with Crippen LogP contribution in [0.15, 0.2) is 24.3 Å². The van der Waals surface area contributed by atoms with Gasteiger partial charge in [-0.3, -0.25) is 4.79 Å². The summed E-state index contributed by atoms with van der Waals surface area (Å²) in [6, 6.07) is 5.59. The molecule has 8 heteroatoms. The third-order valence-corrected chi connectivity index (χ3v) is 4.79. The number of anilines is 1. The highest BCUT2D eigenvalue weighted by Crippen LogP contribution is 2.38. The van der Waals surface area contributed by atoms with E-state index < -0.39 is 11.7 Å². The first kappa shape index (κ1) is 18.4. The predicted molar refractivity (Wildman–Crippen MR) is 104 cm³/mol. The van der Waals surface area contributed by atoms with Crippen LogP contribution in [-0.2, 0) is 0 Å². The number of aryl methyl sites for hydroxylation is 2. The Morgan fingerprint density at radius 2 is 1.75 bits per heavy atom. The van der Waals surface area contributed by atoms with E-state index in [1.165, 1.54) is 6.07 Å². The van der Waals surface area contributed by atoms with Gasteiger partial charge in [-0.05, 0) is 19.9 Å². The zero-order chi connectivity index (χ0) is 19.8. The molecule has 1 aliphatic heterocycles. The van der Waals surface area contributed by atoms with E-state index in [9.17, 15) is 9.18 Å². The molecule has 28 heavy (non-hydrogen) atoms. The number of rotatable bonds is 2. The lowest BCUT2D eigenvalue weighted by atomic mass is 10.1. The summed E-state index contributed by atoms with van der Waals surface area (Å²) < 4.78 is 25.3. The highest BCUT2D eigenvalue weighted by atomic mass is 35.5. The number of amides is 1. The minimum Gasteiger partial charge on any atom is -0.490 e. The lowest BCUT2D eigenvalue weighted by Gasteiger charge is -2.13. The van der Waals surface area contributed by atoms with E-state index >= 15 is 0 Å². The molecule has 1 N–H and O–H groups in total. The Bertz CT molecular complexity index is 1100. The molecule has 144 valence electrons. The quantitative estimate of drug-likeness (QED) is 0.686. The number of fused-ring (bicyclic) bond motifs is 2. The zero-order valence-electron chi connectivity index (χ0n) is 15.3. The molecule has 2 aromatic carbocycles. The number of aromatic nitrogens is 2. The predicted octanol–water partition coefficient (Wildman–Crippen LogP) is 4.45. The van der Waals surface area contributed by atoms with Crippen LogP contribution in [0.5, 0.6) is 11.5 Å².